The van der Waals surface area contributed by atoms with E-state index in [2.05, 4.69) is 0 Å². The first kappa shape index (κ1) is 11.3. The van der Waals surface area contributed by atoms with Crippen LogP contribution in [0.2, 0.25) is 5.02 Å². The number of aromatic hydroxyl groups is 1. The van der Waals surface area contributed by atoms with Crippen molar-refractivity contribution in [3.8, 4) is 11.5 Å². The average Bonchev–Trinajstić information content (AvgIpc) is 2.23. The van der Waals surface area contributed by atoms with E-state index in [9.17, 15) is 9.90 Å². The number of carbonyl (C=O) groups is 1. The molecule has 16 heavy (non-hydrogen) atoms. The van der Waals surface area contributed by atoms with E-state index in [1.54, 1.807) is 6.07 Å². The van der Waals surface area contributed by atoms with Gasteiger partial charge in [0.15, 0.2) is 11.5 Å². The smallest absolute Gasteiger partial charge is 0.170 e. The minimum Gasteiger partial charge on any atom is -0.506 e. The lowest BCUT2D eigenvalue weighted by molar-refractivity contribution is 0.0772. The largest absolute Gasteiger partial charge is 0.506 e. The van der Waals surface area contributed by atoms with Crippen LogP contribution < -0.4 is 4.74 Å². The van der Waals surface area contributed by atoms with Gasteiger partial charge in [0.25, 0.3) is 0 Å². The minimum absolute atomic E-state index is 0.0156. The highest BCUT2D eigenvalue weighted by Crippen LogP contribution is 2.40. The number of phenolic OH excluding ortho intramolecular Hbond substituents is 1. The highest BCUT2D eigenvalue weighted by Gasteiger charge is 2.30. The van der Waals surface area contributed by atoms with Crippen LogP contribution in [0.15, 0.2) is 12.1 Å². The molecule has 0 bridgehead atoms. The van der Waals surface area contributed by atoms with Crippen LogP contribution >= 0.6 is 11.6 Å². The van der Waals surface area contributed by atoms with E-state index >= 15 is 0 Å². The van der Waals surface area contributed by atoms with Gasteiger partial charge < -0.3 is 9.84 Å². The van der Waals surface area contributed by atoms with E-state index in [0.29, 0.717) is 17.7 Å². The van der Waals surface area contributed by atoms with Crippen molar-refractivity contribution in [1.29, 1.82) is 0 Å². The van der Waals surface area contributed by atoms with Gasteiger partial charge in [-0.05, 0) is 18.1 Å². The Labute approximate surface area is 99.0 Å². The maximum Gasteiger partial charge on any atom is 0.170 e. The molecule has 0 spiro atoms. The number of fused-ring (bicyclic) bond motifs is 1. The van der Waals surface area contributed by atoms with Crippen molar-refractivity contribution in [1.82, 2.24) is 0 Å². The van der Waals surface area contributed by atoms with Gasteiger partial charge in [0, 0.05) is 6.42 Å². The Morgan fingerprint density at radius 3 is 2.81 bits per heavy atom. The number of halogens is 1. The Morgan fingerprint density at radius 2 is 2.19 bits per heavy atom. The first-order chi connectivity index (χ1) is 7.50. The number of carbonyl (C=O) groups excluding carboxylic acids is 1. The Hall–Kier alpha value is -1.22. The number of phenols is 1. The van der Waals surface area contributed by atoms with Gasteiger partial charge in [0.2, 0.25) is 0 Å². The summed E-state index contributed by atoms with van der Waals surface area (Å²) in [5.41, 5.74) is 0.458. The van der Waals surface area contributed by atoms with Crippen LogP contribution in [-0.4, -0.2) is 17.0 Å². The van der Waals surface area contributed by atoms with E-state index in [0.717, 1.165) is 0 Å². The Balaban J connectivity index is 2.47. The molecule has 4 heteroatoms. The fraction of sp³-hybridized carbons (Fsp3) is 0.417. The number of rotatable bonds is 1. The molecule has 3 nitrogen and oxygen atoms in total. The normalized spacial score (nSPS) is 19.5. The van der Waals surface area contributed by atoms with E-state index in [1.165, 1.54) is 6.07 Å². The molecule has 1 heterocycles. The topological polar surface area (TPSA) is 46.5 Å². The molecule has 1 aromatic carbocycles. The first-order valence-electron chi connectivity index (χ1n) is 5.22. The molecule has 1 aliphatic heterocycles. The average molecular weight is 241 g/mol. The molecule has 0 fully saturated rings. The summed E-state index contributed by atoms with van der Waals surface area (Å²) in [4.78, 5) is 11.8. The van der Waals surface area contributed by atoms with Crippen molar-refractivity contribution in [2.45, 2.75) is 26.4 Å². The van der Waals surface area contributed by atoms with Gasteiger partial charge in [0.05, 0.1) is 5.56 Å². The maximum atomic E-state index is 11.8. The fourth-order valence-electron chi connectivity index (χ4n) is 1.74. The number of ether oxygens (including phenoxy) is 1. The Bertz CT molecular complexity index is 440. The number of Topliss-reactive ketones (excluding diaryl/α,β-unsaturated/α-hetero) is 1. The third kappa shape index (κ3) is 1.76. The van der Waals surface area contributed by atoms with Crippen LogP contribution in [0.3, 0.4) is 0 Å². The van der Waals surface area contributed by atoms with Crippen molar-refractivity contribution in [3.63, 3.8) is 0 Å². The molecule has 0 saturated heterocycles. The molecular weight excluding hydrogens is 228 g/mol. The fourth-order valence-corrected chi connectivity index (χ4v) is 1.95. The van der Waals surface area contributed by atoms with Crippen molar-refractivity contribution in [2.75, 3.05) is 0 Å². The molecule has 1 aromatic rings. The highest BCUT2D eigenvalue weighted by molar-refractivity contribution is 6.34. The second-order valence-electron chi connectivity index (χ2n) is 4.30. The molecule has 0 saturated carbocycles. The van der Waals surface area contributed by atoms with E-state index in [-0.39, 0.29) is 28.6 Å². The second kappa shape index (κ2) is 3.98. The SMILES string of the molecule is CC(C)C1CC(=O)c2ccc(O)c(Cl)c2O1. The predicted molar refractivity (Wildman–Crippen MR) is 61.3 cm³/mol. The van der Waals surface area contributed by atoms with E-state index < -0.39 is 0 Å². The zero-order valence-electron chi connectivity index (χ0n) is 9.16. The van der Waals surface area contributed by atoms with Crippen molar-refractivity contribution in [2.24, 2.45) is 5.92 Å². The van der Waals surface area contributed by atoms with E-state index in [1.807, 2.05) is 13.8 Å². The molecule has 2 rings (SSSR count). The summed E-state index contributed by atoms with van der Waals surface area (Å²) in [6.45, 7) is 3.97. The summed E-state index contributed by atoms with van der Waals surface area (Å²) in [6.07, 6.45) is 0.200. The lowest BCUT2D eigenvalue weighted by Gasteiger charge is -2.28. The quantitative estimate of drug-likeness (QED) is 0.821. The van der Waals surface area contributed by atoms with Gasteiger partial charge in [-0.3, -0.25) is 4.79 Å². The molecule has 1 unspecified atom stereocenters. The Morgan fingerprint density at radius 1 is 1.50 bits per heavy atom. The molecule has 1 N–H and O–H groups in total. The van der Waals surface area contributed by atoms with Crippen molar-refractivity contribution < 1.29 is 14.6 Å². The molecule has 0 radical (unpaired) electrons. The van der Waals surface area contributed by atoms with Gasteiger partial charge in [-0.15, -0.1) is 0 Å². The number of ketones is 1. The third-order valence-corrected chi connectivity index (χ3v) is 3.14. The summed E-state index contributed by atoms with van der Waals surface area (Å²) in [6, 6.07) is 2.97. The summed E-state index contributed by atoms with van der Waals surface area (Å²) in [5.74, 6) is 0.506. The predicted octanol–water partition coefficient (Wildman–Crippen LogP) is 3.04. The van der Waals surface area contributed by atoms with Crippen LogP contribution in [0.4, 0.5) is 0 Å². The standard InChI is InChI=1S/C12H13ClO3/c1-6(2)10-5-9(15)7-3-4-8(14)11(13)12(7)16-10/h3-4,6,10,14H,5H2,1-2H3. The number of hydrogen-bond acceptors (Lipinski definition) is 3. The number of hydrogen-bond donors (Lipinski definition) is 1. The maximum absolute atomic E-state index is 11.8. The van der Waals surface area contributed by atoms with Gasteiger partial charge in [0.1, 0.15) is 16.9 Å². The van der Waals surface area contributed by atoms with Crippen LogP contribution in [0.25, 0.3) is 0 Å². The second-order valence-corrected chi connectivity index (χ2v) is 4.68. The molecule has 86 valence electrons. The molecule has 1 atom stereocenters. The molecule has 1 aliphatic rings. The minimum atomic E-state index is -0.167. The van der Waals surface area contributed by atoms with Gasteiger partial charge >= 0.3 is 0 Å². The van der Waals surface area contributed by atoms with Gasteiger partial charge in [-0.1, -0.05) is 25.4 Å². The molecule has 0 aliphatic carbocycles. The summed E-state index contributed by atoms with van der Waals surface area (Å²) < 4.78 is 5.66. The van der Waals surface area contributed by atoms with Crippen LogP contribution in [0, 0.1) is 5.92 Å². The van der Waals surface area contributed by atoms with Gasteiger partial charge in [-0.2, -0.15) is 0 Å². The van der Waals surface area contributed by atoms with E-state index in [4.69, 9.17) is 16.3 Å². The zero-order chi connectivity index (χ0) is 11.9. The van der Waals surface area contributed by atoms with Crippen LogP contribution in [0.5, 0.6) is 11.5 Å². The van der Waals surface area contributed by atoms with Crippen molar-refractivity contribution >= 4 is 17.4 Å². The Kier molecular flexibility index (Phi) is 2.80. The zero-order valence-corrected chi connectivity index (χ0v) is 9.91. The molecular formula is C12H13ClO3. The summed E-state index contributed by atoms with van der Waals surface area (Å²) in [7, 11) is 0. The van der Waals surface area contributed by atoms with Crippen LogP contribution in [-0.2, 0) is 0 Å². The summed E-state index contributed by atoms with van der Waals surface area (Å²) >= 11 is 5.92. The monoisotopic (exact) mass is 240 g/mol. The lowest BCUT2D eigenvalue weighted by atomic mass is 9.94. The number of benzene rings is 1. The lowest BCUT2D eigenvalue weighted by Crippen LogP contribution is -2.31. The molecule has 0 amide bonds. The molecule has 0 aromatic heterocycles. The van der Waals surface area contributed by atoms with Crippen LogP contribution in [0.1, 0.15) is 30.6 Å². The van der Waals surface area contributed by atoms with Crippen molar-refractivity contribution in [3.05, 3.63) is 22.7 Å². The first-order valence-corrected chi connectivity index (χ1v) is 5.60. The highest BCUT2D eigenvalue weighted by atomic mass is 35.5. The third-order valence-electron chi connectivity index (χ3n) is 2.78. The summed E-state index contributed by atoms with van der Waals surface area (Å²) in [5, 5.41) is 9.58. The van der Waals surface area contributed by atoms with Gasteiger partial charge in [-0.25, -0.2) is 0 Å².